The molecule has 3 N–H and O–H groups in total. The van der Waals surface area contributed by atoms with Crippen molar-refractivity contribution in [3.63, 3.8) is 0 Å². The van der Waals surface area contributed by atoms with Gasteiger partial charge in [-0.2, -0.15) is 0 Å². The second-order valence-corrected chi connectivity index (χ2v) is 8.10. The molecule has 2 saturated heterocycles. The quantitative estimate of drug-likeness (QED) is 0.829. The first-order valence-corrected chi connectivity index (χ1v) is 9.64. The van der Waals surface area contributed by atoms with Gasteiger partial charge in [0.2, 0.25) is 0 Å². The molecule has 3 atom stereocenters. The Balaban J connectivity index is 1.38. The number of hydrogen-bond donors (Lipinski definition) is 2. The summed E-state index contributed by atoms with van der Waals surface area (Å²) in [4.78, 5) is 17.1. The van der Waals surface area contributed by atoms with Crippen molar-refractivity contribution in [2.24, 2.45) is 5.92 Å². The van der Waals surface area contributed by atoms with Crippen LogP contribution in [0.25, 0.3) is 0 Å². The topological polar surface area (TPSA) is 58.4 Å². The molecule has 5 heteroatoms. The highest BCUT2D eigenvalue weighted by Gasteiger charge is 2.32. The maximum Gasteiger partial charge on any atom is 0.251 e. The van der Waals surface area contributed by atoms with Crippen LogP contribution in [0.5, 0.6) is 0 Å². The predicted molar refractivity (Wildman–Crippen MR) is 102 cm³/mol. The van der Waals surface area contributed by atoms with E-state index in [1.807, 2.05) is 48.5 Å². The fourth-order valence-electron chi connectivity index (χ4n) is 3.81. The first-order chi connectivity index (χ1) is 12.2. The van der Waals surface area contributed by atoms with Crippen molar-refractivity contribution in [2.45, 2.75) is 28.7 Å². The molecular formula is C20H23N3OS. The molecule has 0 aliphatic carbocycles. The number of nitrogens with zero attached hydrogens (tertiary/aromatic N) is 1. The second kappa shape index (κ2) is 7.10. The molecule has 130 valence electrons. The monoisotopic (exact) mass is 353 g/mol. The summed E-state index contributed by atoms with van der Waals surface area (Å²) < 4.78 is 0. The Hall–Kier alpha value is -1.98. The summed E-state index contributed by atoms with van der Waals surface area (Å²) in [5, 5.41) is 3.21. The number of amides is 1. The molecule has 0 radical (unpaired) electrons. The summed E-state index contributed by atoms with van der Waals surface area (Å²) in [6.45, 7) is 3.38. The van der Waals surface area contributed by atoms with Crippen molar-refractivity contribution >= 4 is 23.4 Å². The summed E-state index contributed by atoms with van der Waals surface area (Å²) in [7, 11) is 0. The molecule has 3 unspecified atom stereocenters. The van der Waals surface area contributed by atoms with Gasteiger partial charge in [-0.25, -0.2) is 0 Å². The molecule has 2 aliphatic heterocycles. The van der Waals surface area contributed by atoms with Crippen LogP contribution in [0.3, 0.4) is 0 Å². The summed E-state index contributed by atoms with van der Waals surface area (Å²) in [6.07, 6.45) is 2.39. The lowest BCUT2D eigenvalue weighted by Gasteiger charge is -2.30. The van der Waals surface area contributed by atoms with Gasteiger partial charge in [0.25, 0.3) is 5.91 Å². The molecule has 0 aromatic heterocycles. The highest BCUT2D eigenvalue weighted by molar-refractivity contribution is 7.99. The summed E-state index contributed by atoms with van der Waals surface area (Å²) >= 11 is 1.62. The number of fused-ring (bicyclic) bond motifs is 2. The van der Waals surface area contributed by atoms with E-state index in [9.17, 15) is 4.79 Å². The standard InChI is InChI=1S/C20H23N3OS/c21-18-3-1-2-4-19(18)25-17-7-5-15(6-8-17)20(24)22-16-11-14-9-10-23(12-14)13-16/h1-8,14,16H,9-13,21H2,(H,22,24). The Morgan fingerprint density at radius 2 is 1.92 bits per heavy atom. The van der Waals surface area contributed by atoms with Crippen LogP contribution in [0.2, 0.25) is 0 Å². The number of carbonyl (C=O) groups excluding carboxylic acids is 1. The second-order valence-electron chi connectivity index (χ2n) is 6.98. The zero-order chi connectivity index (χ0) is 17.2. The third kappa shape index (κ3) is 3.83. The average Bonchev–Trinajstić information content (AvgIpc) is 2.96. The van der Waals surface area contributed by atoms with Crippen molar-refractivity contribution in [2.75, 3.05) is 25.4 Å². The normalized spacial score (nSPS) is 24.9. The largest absolute Gasteiger partial charge is 0.398 e. The van der Waals surface area contributed by atoms with Gasteiger partial charge in [0, 0.05) is 40.2 Å². The molecule has 2 heterocycles. The Kier molecular flexibility index (Phi) is 4.68. The molecule has 4 nitrogen and oxygen atoms in total. The summed E-state index contributed by atoms with van der Waals surface area (Å²) in [5.41, 5.74) is 7.48. The van der Waals surface area contributed by atoms with Gasteiger partial charge in [-0.1, -0.05) is 23.9 Å². The molecule has 2 aliphatic rings. The molecule has 0 saturated carbocycles. The third-order valence-electron chi connectivity index (χ3n) is 5.06. The van der Waals surface area contributed by atoms with E-state index in [0.717, 1.165) is 39.9 Å². The lowest BCUT2D eigenvalue weighted by atomic mass is 9.96. The van der Waals surface area contributed by atoms with Crippen LogP contribution in [-0.4, -0.2) is 36.5 Å². The fraction of sp³-hybridized carbons (Fsp3) is 0.350. The number of nitrogens with two attached hydrogens (primary N) is 1. The first kappa shape index (κ1) is 16.5. The fourth-order valence-corrected chi connectivity index (χ4v) is 4.67. The van der Waals surface area contributed by atoms with E-state index in [-0.39, 0.29) is 11.9 Å². The Labute approximate surface area is 152 Å². The maximum atomic E-state index is 12.5. The molecule has 4 rings (SSSR count). The zero-order valence-electron chi connectivity index (χ0n) is 14.2. The van der Waals surface area contributed by atoms with Gasteiger partial charge < -0.3 is 16.0 Å². The molecule has 2 bridgehead atoms. The van der Waals surface area contributed by atoms with Crippen molar-refractivity contribution in [1.82, 2.24) is 10.2 Å². The van der Waals surface area contributed by atoms with Crippen LogP contribution in [0.4, 0.5) is 5.69 Å². The number of anilines is 1. The number of nitrogen functional groups attached to an aromatic ring is 1. The van der Waals surface area contributed by atoms with Gasteiger partial charge in [-0.3, -0.25) is 4.79 Å². The van der Waals surface area contributed by atoms with Crippen molar-refractivity contribution in [3.05, 3.63) is 54.1 Å². The van der Waals surface area contributed by atoms with Gasteiger partial charge in [0.1, 0.15) is 0 Å². The van der Waals surface area contributed by atoms with Gasteiger partial charge in [0.15, 0.2) is 0 Å². The number of piperidine rings is 1. The smallest absolute Gasteiger partial charge is 0.251 e. The zero-order valence-corrected chi connectivity index (χ0v) is 15.0. The predicted octanol–water partition coefficient (Wildman–Crippen LogP) is 3.24. The number of carbonyl (C=O) groups is 1. The summed E-state index contributed by atoms with van der Waals surface area (Å²) in [5.74, 6) is 0.789. The summed E-state index contributed by atoms with van der Waals surface area (Å²) in [6, 6.07) is 15.9. The molecular weight excluding hydrogens is 330 g/mol. The first-order valence-electron chi connectivity index (χ1n) is 8.83. The molecule has 25 heavy (non-hydrogen) atoms. The van der Waals surface area contributed by atoms with Crippen LogP contribution in [0, 0.1) is 5.92 Å². The highest BCUT2D eigenvalue weighted by atomic mass is 32.2. The van der Waals surface area contributed by atoms with Crippen LogP contribution in [-0.2, 0) is 0 Å². The minimum absolute atomic E-state index is 0.0308. The molecule has 2 fully saturated rings. The Morgan fingerprint density at radius 1 is 1.12 bits per heavy atom. The number of benzene rings is 2. The SMILES string of the molecule is Nc1ccccc1Sc1ccc(C(=O)NC2CC3CCN(C3)C2)cc1. The van der Waals surface area contributed by atoms with Crippen molar-refractivity contribution in [1.29, 1.82) is 0 Å². The lowest BCUT2D eigenvalue weighted by Crippen LogP contribution is -2.47. The molecule has 2 aromatic rings. The van der Waals surface area contributed by atoms with E-state index in [2.05, 4.69) is 10.2 Å². The van der Waals surface area contributed by atoms with Gasteiger partial charge in [0.05, 0.1) is 0 Å². The average molecular weight is 353 g/mol. The van der Waals surface area contributed by atoms with Crippen LogP contribution < -0.4 is 11.1 Å². The third-order valence-corrected chi connectivity index (χ3v) is 6.16. The lowest BCUT2D eigenvalue weighted by molar-refractivity contribution is 0.0909. The van der Waals surface area contributed by atoms with E-state index in [1.54, 1.807) is 11.8 Å². The number of hydrogen-bond acceptors (Lipinski definition) is 4. The Morgan fingerprint density at radius 3 is 2.68 bits per heavy atom. The van der Waals surface area contributed by atoms with Crippen molar-refractivity contribution < 1.29 is 4.79 Å². The number of para-hydroxylation sites is 1. The van der Waals surface area contributed by atoms with E-state index in [4.69, 9.17) is 5.73 Å². The molecule has 1 amide bonds. The van der Waals surface area contributed by atoms with Gasteiger partial charge in [-0.05, 0) is 61.7 Å². The van der Waals surface area contributed by atoms with E-state index >= 15 is 0 Å². The minimum atomic E-state index is 0.0308. The van der Waals surface area contributed by atoms with E-state index in [1.165, 1.54) is 19.5 Å². The maximum absolute atomic E-state index is 12.5. The van der Waals surface area contributed by atoms with Crippen molar-refractivity contribution in [3.8, 4) is 0 Å². The van der Waals surface area contributed by atoms with Crippen LogP contribution in [0.1, 0.15) is 23.2 Å². The molecule has 2 aromatic carbocycles. The number of rotatable bonds is 4. The van der Waals surface area contributed by atoms with Crippen LogP contribution in [0.15, 0.2) is 58.3 Å². The highest BCUT2D eigenvalue weighted by Crippen LogP contribution is 2.32. The molecule has 0 spiro atoms. The van der Waals surface area contributed by atoms with E-state index in [0.29, 0.717) is 0 Å². The van der Waals surface area contributed by atoms with Gasteiger partial charge >= 0.3 is 0 Å². The minimum Gasteiger partial charge on any atom is -0.398 e. The van der Waals surface area contributed by atoms with E-state index < -0.39 is 0 Å². The Bertz CT molecular complexity index is 750. The van der Waals surface area contributed by atoms with Gasteiger partial charge in [-0.15, -0.1) is 0 Å². The number of nitrogens with one attached hydrogen (secondary N) is 1. The van der Waals surface area contributed by atoms with Crippen LogP contribution >= 0.6 is 11.8 Å².